The first-order valence-electron chi connectivity index (χ1n) is 7.98. The zero-order chi connectivity index (χ0) is 16.1. The number of nitrogens with one attached hydrogen (secondary N) is 2. The highest BCUT2D eigenvalue weighted by Crippen LogP contribution is 2.22. The number of amides is 1. The molecule has 1 aliphatic rings. The summed E-state index contributed by atoms with van der Waals surface area (Å²) >= 11 is 0. The maximum atomic E-state index is 12.5. The van der Waals surface area contributed by atoms with E-state index in [0.717, 1.165) is 29.7 Å². The average molecular weight is 310 g/mol. The lowest BCUT2D eigenvalue weighted by atomic mass is 10.1. The minimum Gasteiger partial charge on any atom is -0.497 e. The van der Waals surface area contributed by atoms with Crippen LogP contribution < -0.4 is 15.4 Å². The van der Waals surface area contributed by atoms with Crippen molar-refractivity contribution in [2.24, 2.45) is 0 Å². The largest absolute Gasteiger partial charge is 0.497 e. The van der Waals surface area contributed by atoms with Gasteiger partial charge in [-0.3, -0.25) is 10.1 Å². The lowest BCUT2D eigenvalue weighted by molar-refractivity contribution is -0.123. The molecule has 0 aliphatic heterocycles. The van der Waals surface area contributed by atoms with E-state index in [0.29, 0.717) is 12.6 Å². The molecule has 4 heteroatoms. The number of carbonyl (C=O) groups is 1. The van der Waals surface area contributed by atoms with Crippen LogP contribution in [0.3, 0.4) is 0 Å². The Hall–Kier alpha value is -2.33. The molecule has 2 N–H and O–H groups in total. The van der Waals surface area contributed by atoms with E-state index in [-0.39, 0.29) is 11.9 Å². The second-order valence-electron chi connectivity index (χ2n) is 5.86. The van der Waals surface area contributed by atoms with Gasteiger partial charge in [-0.2, -0.15) is 0 Å². The summed E-state index contributed by atoms with van der Waals surface area (Å²) in [6.45, 7) is 0.606. The number of methoxy groups -OCH3 is 1. The first-order chi connectivity index (χ1) is 11.3. The van der Waals surface area contributed by atoms with E-state index in [4.69, 9.17) is 4.74 Å². The summed E-state index contributed by atoms with van der Waals surface area (Å²) in [7, 11) is 1.66. The lowest BCUT2D eigenvalue weighted by Gasteiger charge is -2.19. The standard InChI is InChI=1S/C19H22N2O2/c1-23-17-9-5-6-14(12-17)13-20-18(15-7-3-2-4-8-15)19(22)21-16-10-11-16/h2-9,12,16,18,20H,10-11,13H2,1H3,(H,21,22). The molecular formula is C19H22N2O2. The molecule has 0 spiro atoms. The smallest absolute Gasteiger partial charge is 0.241 e. The van der Waals surface area contributed by atoms with Gasteiger partial charge < -0.3 is 10.1 Å². The molecule has 23 heavy (non-hydrogen) atoms. The second kappa shape index (κ2) is 7.29. The van der Waals surface area contributed by atoms with Gasteiger partial charge in [-0.25, -0.2) is 0 Å². The van der Waals surface area contributed by atoms with Crippen LogP contribution in [0.15, 0.2) is 54.6 Å². The maximum absolute atomic E-state index is 12.5. The molecule has 120 valence electrons. The van der Waals surface area contributed by atoms with Crippen molar-refractivity contribution in [3.05, 3.63) is 65.7 Å². The molecule has 2 aromatic rings. The van der Waals surface area contributed by atoms with Gasteiger partial charge in [0.25, 0.3) is 0 Å². The van der Waals surface area contributed by atoms with Crippen LogP contribution in [0.25, 0.3) is 0 Å². The Morgan fingerprint density at radius 2 is 1.96 bits per heavy atom. The quantitative estimate of drug-likeness (QED) is 0.827. The Labute approximate surface area is 136 Å². The van der Waals surface area contributed by atoms with Gasteiger partial charge in [-0.15, -0.1) is 0 Å². The van der Waals surface area contributed by atoms with E-state index < -0.39 is 0 Å². The molecule has 1 atom stereocenters. The first kappa shape index (κ1) is 15.6. The van der Waals surface area contributed by atoms with E-state index in [1.165, 1.54) is 0 Å². The number of carbonyl (C=O) groups excluding carboxylic acids is 1. The summed E-state index contributed by atoms with van der Waals surface area (Å²) in [6.07, 6.45) is 2.17. The van der Waals surface area contributed by atoms with Crippen LogP contribution in [0.1, 0.15) is 30.0 Å². The number of rotatable bonds is 7. The number of benzene rings is 2. The van der Waals surface area contributed by atoms with E-state index in [9.17, 15) is 4.79 Å². The molecular weight excluding hydrogens is 288 g/mol. The van der Waals surface area contributed by atoms with E-state index >= 15 is 0 Å². The molecule has 1 aliphatic carbocycles. The SMILES string of the molecule is COc1cccc(CNC(C(=O)NC2CC2)c2ccccc2)c1. The van der Waals surface area contributed by atoms with Crippen molar-refractivity contribution in [3.8, 4) is 5.75 Å². The first-order valence-corrected chi connectivity index (χ1v) is 7.98. The zero-order valence-corrected chi connectivity index (χ0v) is 13.3. The number of hydrogen-bond donors (Lipinski definition) is 2. The Kier molecular flexibility index (Phi) is 4.93. The van der Waals surface area contributed by atoms with Gasteiger partial charge in [0.1, 0.15) is 11.8 Å². The number of ether oxygens (including phenoxy) is 1. The van der Waals surface area contributed by atoms with Gasteiger partial charge in [0.15, 0.2) is 0 Å². The Morgan fingerprint density at radius 3 is 2.65 bits per heavy atom. The van der Waals surface area contributed by atoms with Gasteiger partial charge in [0.2, 0.25) is 5.91 Å². The molecule has 3 rings (SSSR count). The van der Waals surface area contributed by atoms with Crippen molar-refractivity contribution in [1.29, 1.82) is 0 Å². The third-order valence-corrected chi connectivity index (χ3v) is 3.96. The van der Waals surface area contributed by atoms with Crippen LogP contribution >= 0.6 is 0 Å². The van der Waals surface area contributed by atoms with E-state index in [1.54, 1.807) is 7.11 Å². The van der Waals surface area contributed by atoms with Crippen LogP contribution in [-0.2, 0) is 11.3 Å². The topological polar surface area (TPSA) is 50.4 Å². The zero-order valence-electron chi connectivity index (χ0n) is 13.3. The predicted molar refractivity (Wildman–Crippen MR) is 90.2 cm³/mol. The van der Waals surface area contributed by atoms with Crippen LogP contribution in [0.4, 0.5) is 0 Å². The summed E-state index contributed by atoms with van der Waals surface area (Å²) < 4.78 is 5.25. The molecule has 1 amide bonds. The van der Waals surface area contributed by atoms with E-state index in [1.807, 2.05) is 54.6 Å². The third kappa shape index (κ3) is 4.33. The summed E-state index contributed by atoms with van der Waals surface area (Å²) in [4.78, 5) is 12.5. The average Bonchev–Trinajstić information content (AvgIpc) is 3.40. The van der Waals surface area contributed by atoms with Gasteiger partial charge in [-0.1, -0.05) is 42.5 Å². The van der Waals surface area contributed by atoms with Crippen molar-refractivity contribution in [2.45, 2.75) is 31.5 Å². The Bertz CT molecular complexity index is 653. The fourth-order valence-corrected chi connectivity index (χ4v) is 2.52. The van der Waals surface area contributed by atoms with Gasteiger partial charge >= 0.3 is 0 Å². The highest BCUT2D eigenvalue weighted by Gasteiger charge is 2.28. The van der Waals surface area contributed by atoms with Crippen LogP contribution in [0.2, 0.25) is 0 Å². The molecule has 1 saturated carbocycles. The van der Waals surface area contributed by atoms with Gasteiger partial charge in [0.05, 0.1) is 7.11 Å². The Morgan fingerprint density at radius 1 is 1.17 bits per heavy atom. The molecule has 1 unspecified atom stereocenters. The molecule has 4 nitrogen and oxygen atoms in total. The third-order valence-electron chi connectivity index (χ3n) is 3.96. The summed E-state index contributed by atoms with van der Waals surface area (Å²) in [5.41, 5.74) is 2.07. The summed E-state index contributed by atoms with van der Waals surface area (Å²) in [5, 5.41) is 6.45. The minimum absolute atomic E-state index is 0.0431. The molecule has 1 fully saturated rings. The molecule has 0 bridgehead atoms. The second-order valence-corrected chi connectivity index (χ2v) is 5.86. The Balaban J connectivity index is 1.71. The van der Waals surface area contributed by atoms with Crippen LogP contribution in [0.5, 0.6) is 5.75 Å². The molecule has 0 heterocycles. The van der Waals surface area contributed by atoms with Crippen LogP contribution in [-0.4, -0.2) is 19.1 Å². The maximum Gasteiger partial charge on any atom is 0.241 e. The highest BCUT2D eigenvalue weighted by molar-refractivity contribution is 5.83. The molecule has 0 radical (unpaired) electrons. The van der Waals surface area contributed by atoms with Gasteiger partial charge in [0, 0.05) is 12.6 Å². The number of hydrogen-bond acceptors (Lipinski definition) is 3. The van der Waals surface area contributed by atoms with Crippen LogP contribution in [0, 0.1) is 0 Å². The fourth-order valence-electron chi connectivity index (χ4n) is 2.52. The van der Waals surface area contributed by atoms with Crippen molar-refractivity contribution in [2.75, 3.05) is 7.11 Å². The highest BCUT2D eigenvalue weighted by atomic mass is 16.5. The van der Waals surface area contributed by atoms with Crippen molar-refractivity contribution >= 4 is 5.91 Å². The summed E-state index contributed by atoms with van der Waals surface area (Å²) in [6, 6.07) is 17.7. The van der Waals surface area contributed by atoms with Crippen molar-refractivity contribution < 1.29 is 9.53 Å². The molecule has 2 aromatic carbocycles. The fraction of sp³-hybridized carbons (Fsp3) is 0.316. The molecule has 0 aromatic heterocycles. The van der Waals surface area contributed by atoms with Crippen molar-refractivity contribution in [1.82, 2.24) is 10.6 Å². The van der Waals surface area contributed by atoms with Crippen molar-refractivity contribution in [3.63, 3.8) is 0 Å². The monoisotopic (exact) mass is 310 g/mol. The van der Waals surface area contributed by atoms with E-state index in [2.05, 4.69) is 10.6 Å². The lowest BCUT2D eigenvalue weighted by Crippen LogP contribution is -2.38. The minimum atomic E-state index is -0.344. The normalized spacial score (nSPS) is 15.0. The van der Waals surface area contributed by atoms with Gasteiger partial charge in [-0.05, 0) is 36.1 Å². The molecule has 0 saturated heterocycles. The predicted octanol–water partition coefficient (Wildman–Crippen LogP) is 2.80. The summed E-state index contributed by atoms with van der Waals surface area (Å²) in [5.74, 6) is 0.865.